The summed E-state index contributed by atoms with van der Waals surface area (Å²) in [4.78, 5) is 12.1. The number of anilines is 2. The molecule has 0 aliphatic heterocycles. The second-order valence-corrected chi connectivity index (χ2v) is 5.22. The van der Waals surface area contributed by atoms with Crippen molar-refractivity contribution in [1.29, 1.82) is 0 Å². The highest BCUT2D eigenvalue weighted by molar-refractivity contribution is 5.96. The number of amides is 1. The molecule has 2 aromatic carbocycles. The molecule has 0 heterocycles. The lowest BCUT2D eigenvalue weighted by Crippen LogP contribution is -2.32. The first-order valence-electron chi connectivity index (χ1n) is 7.45. The van der Waals surface area contributed by atoms with Gasteiger partial charge in [0.1, 0.15) is 17.7 Å². The van der Waals surface area contributed by atoms with Crippen molar-refractivity contribution in [3.05, 3.63) is 48.0 Å². The molecule has 0 fully saturated rings. The number of halogens is 4. The molecule has 2 rings (SSSR count). The highest BCUT2D eigenvalue weighted by Gasteiger charge is 2.17. The first-order chi connectivity index (χ1) is 12.3. The quantitative estimate of drug-likeness (QED) is 0.721. The third-order valence-electron chi connectivity index (χ3n) is 3.34. The van der Waals surface area contributed by atoms with Gasteiger partial charge in [-0.05, 0) is 31.2 Å². The number of hydrogen-bond donors (Lipinski definition) is 2. The third-order valence-corrected chi connectivity index (χ3v) is 3.34. The van der Waals surface area contributed by atoms with Gasteiger partial charge in [-0.25, -0.2) is 8.78 Å². The number of alkyl halides is 2. The van der Waals surface area contributed by atoms with E-state index in [1.54, 1.807) is 0 Å². The van der Waals surface area contributed by atoms with Crippen molar-refractivity contribution in [3.8, 4) is 11.5 Å². The topological polar surface area (TPSA) is 59.6 Å². The van der Waals surface area contributed by atoms with Gasteiger partial charge in [-0.1, -0.05) is 0 Å². The first-order valence-corrected chi connectivity index (χ1v) is 7.45. The molecule has 1 unspecified atom stereocenters. The van der Waals surface area contributed by atoms with Crippen LogP contribution in [0.4, 0.5) is 28.9 Å². The summed E-state index contributed by atoms with van der Waals surface area (Å²) in [5.41, 5.74) is -0.0103. The number of ether oxygens (including phenoxy) is 2. The normalized spacial score (nSPS) is 11.8. The summed E-state index contributed by atoms with van der Waals surface area (Å²) in [7, 11) is 1.30. The van der Waals surface area contributed by atoms with Gasteiger partial charge in [-0.3, -0.25) is 4.79 Å². The average Bonchev–Trinajstić information content (AvgIpc) is 2.57. The molecular formula is C17H16F4N2O3. The van der Waals surface area contributed by atoms with Crippen LogP contribution >= 0.6 is 0 Å². The Kier molecular flexibility index (Phi) is 6.26. The zero-order valence-electron chi connectivity index (χ0n) is 13.9. The van der Waals surface area contributed by atoms with Crippen molar-refractivity contribution < 1.29 is 31.8 Å². The van der Waals surface area contributed by atoms with Crippen LogP contribution in [0.1, 0.15) is 6.92 Å². The molecule has 1 amide bonds. The summed E-state index contributed by atoms with van der Waals surface area (Å²) in [5, 5.41) is 5.00. The van der Waals surface area contributed by atoms with E-state index in [-0.39, 0.29) is 17.2 Å². The van der Waals surface area contributed by atoms with Crippen LogP contribution in [0.15, 0.2) is 36.4 Å². The Morgan fingerprint density at radius 2 is 1.81 bits per heavy atom. The van der Waals surface area contributed by atoms with Crippen LogP contribution in [-0.4, -0.2) is 25.7 Å². The summed E-state index contributed by atoms with van der Waals surface area (Å²) < 4.78 is 60.9. The summed E-state index contributed by atoms with van der Waals surface area (Å²) in [6, 6.07) is 5.89. The van der Waals surface area contributed by atoms with Crippen molar-refractivity contribution >= 4 is 17.3 Å². The summed E-state index contributed by atoms with van der Waals surface area (Å²) in [5.74, 6) is -2.26. The number of benzene rings is 2. The maximum atomic E-state index is 13.6. The van der Waals surface area contributed by atoms with E-state index < -0.39 is 30.2 Å². The molecule has 0 saturated heterocycles. The van der Waals surface area contributed by atoms with Crippen LogP contribution in [0.5, 0.6) is 11.5 Å². The zero-order chi connectivity index (χ0) is 19.3. The van der Waals surface area contributed by atoms with Crippen molar-refractivity contribution in [2.75, 3.05) is 17.7 Å². The van der Waals surface area contributed by atoms with Gasteiger partial charge in [0.25, 0.3) is 0 Å². The molecule has 0 bridgehead atoms. The fraction of sp³-hybridized carbons (Fsp3) is 0.235. The number of methoxy groups -OCH3 is 1. The maximum absolute atomic E-state index is 13.6. The average molecular weight is 372 g/mol. The molecule has 9 heteroatoms. The standard InChI is InChI=1S/C17H16F4N2O3/c1-9(16(24)23-13-7-10(18)3-5-12(13)19)22-11-4-6-14(25-2)15(8-11)26-17(20)21/h3-9,17,22H,1-2H3,(H,23,24). The SMILES string of the molecule is COc1ccc(NC(C)C(=O)Nc2cc(F)ccc2F)cc1OC(F)F. The van der Waals surface area contributed by atoms with Crippen LogP contribution in [0.25, 0.3) is 0 Å². The minimum Gasteiger partial charge on any atom is -0.493 e. The maximum Gasteiger partial charge on any atom is 0.387 e. The third kappa shape index (κ3) is 5.01. The summed E-state index contributed by atoms with van der Waals surface area (Å²) in [6.07, 6.45) is 0. The minimum atomic E-state index is -3.05. The second-order valence-electron chi connectivity index (χ2n) is 5.22. The molecule has 5 nitrogen and oxygen atoms in total. The Morgan fingerprint density at radius 3 is 2.46 bits per heavy atom. The molecule has 0 spiro atoms. The van der Waals surface area contributed by atoms with E-state index in [2.05, 4.69) is 15.4 Å². The number of hydrogen-bond acceptors (Lipinski definition) is 4. The monoisotopic (exact) mass is 372 g/mol. The Hall–Kier alpha value is -2.97. The number of carbonyl (C=O) groups is 1. The van der Waals surface area contributed by atoms with Gasteiger partial charge < -0.3 is 20.1 Å². The molecule has 2 aromatic rings. The second kappa shape index (κ2) is 8.41. The van der Waals surface area contributed by atoms with Crippen molar-refractivity contribution in [2.24, 2.45) is 0 Å². The Bertz CT molecular complexity index is 787. The van der Waals surface area contributed by atoms with Crippen molar-refractivity contribution in [3.63, 3.8) is 0 Å². The molecule has 0 radical (unpaired) electrons. The molecule has 0 aliphatic rings. The van der Waals surface area contributed by atoms with E-state index in [9.17, 15) is 22.4 Å². The number of nitrogens with one attached hydrogen (secondary N) is 2. The van der Waals surface area contributed by atoms with E-state index in [4.69, 9.17) is 4.74 Å². The lowest BCUT2D eigenvalue weighted by molar-refractivity contribution is -0.116. The summed E-state index contributed by atoms with van der Waals surface area (Å²) in [6.45, 7) is -1.58. The molecule has 26 heavy (non-hydrogen) atoms. The smallest absolute Gasteiger partial charge is 0.387 e. The van der Waals surface area contributed by atoms with Crippen LogP contribution in [-0.2, 0) is 4.79 Å². The van der Waals surface area contributed by atoms with Crippen LogP contribution in [0.3, 0.4) is 0 Å². The number of rotatable bonds is 7. The van der Waals surface area contributed by atoms with Crippen LogP contribution in [0.2, 0.25) is 0 Å². The van der Waals surface area contributed by atoms with Gasteiger partial charge in [-0.2, -0.15) is 8.78 Å². The predicted octanol–water partition coefficient (Wildman–Crippen LogP) is 4.01. The predicted molar refractivity (Wildman–Crippen MR) is 87.7 cm³/mol. The van der Waals surface area contributed by atoms with Gasteiger partial charge in [-0.15, -0.1) is 0 Å². The van der Waals surface area contributed by atoms with Gasteiger partial charge >= 0.3 is 6.61 Å². The van der Waals surface area contributed by atoms with Crippen molar-refractivity contribution in [2.45, 2.75) is 19.6 Å². The molecule has 140 valence electrons. The van der Waals surface area contributed by atoms with Gasteiger partial charge in [0.2, 0.25) is 5.91 Å². The molecule has 2 N–H and O–H groups in total. The highest BCUT2D eigenvalue weighted by atomic mass is 19.3. The lowest BCUT2D eigenvalue weighted by Gasteiger charge is -2.17. The van der Waals surface area contributed by atoms with E-state index >= 15 is 0 Å². The van der Waals surface area contributed by atoms with Crippen molar-refractivity contribution in [1.82, 2.24) is 0 Å². The van der Waals surface area contributed by atoms with E-state index in [1.165, 1.54) is 32.2 Å². The molecule has 0 saturated carbocycles. The molecule has 0 aromatic heterocycles. The fourth-order valence-electron chi connectivity index (χ4n) is 2.10. The van der Waals surface area contributed by atoms with E-state index in [0.29, 0.717) is 5.69 Å². The summed E-state index contributed by atoms with van der Waals surface area (Å²) >= 11 is 0. The van der Waals surface area contributed by atoms with E-state index in [1.807, 2.05) is 0 Å². The van der Waals surface area contributed by atoms with E-state index in [0.717, 1.165) is 18.2 Å². The van der Waals surface area contributed by atoms with Gasteiger partial charge in [0, 0.05) is 17.8 Å². The Morgan fingerprint density at radius 1 is 1.08 bits per heavy atom. The Balaban J connectivity index is 2.09. The lowest BCUT2D eigenvalue weighted by atomic mass is 10.2. The van der Waals surface area contributed by atoms with Gasteiger partial charge in [0.05, 0.1) is 12.8 Å². The molecule has 1 atom stereocenters. The fourth-order valence-corrected chi connectivity index (χ4v) is 2.10. The highest BCUT2D eigenvalue weighted by Crippen LogP contribution is 2.31. The molecular weight excluding hydrogens is 356 g/mol. The number of carbonyl (C=O) groups excluding carboxylic acids is 1. The van der Waals surface area contributed by atoms with Crippen LogP contribution in [0, 0.1) is 11.6 Å². The molecule has 0 aliphatic carbocycles. The van der Waals surface area contributed by atoms with Crippen LogP contribution < -0.4 is 20.1 Å². The minimum absolute atomic E-state index is 0.0924. The zero-order valence-corrected chi connectivity index (χ0v) is 13.9. The first kappa shape index (κ1) is 19.4. The Labute approximate surface area is 146 Å². The van der Waals surface area contributed by atoms with Gasteiger partial charge in [0.15, 0.2) is 11.5 Å². The largest absolute Gasteiger partial charge is 0.493 e.